The maximum atomic E-state index is 13.5. The fraction of sp³-hybridized carbons (Fsp3) is 0.567. The van der Waals surface area contributed by atoms with Gasteiger partial charge in [0.05, 0.1) is 39.0 Å². The van der Waals surface area contributed by atoms with Crippen LogP contribution in [0.5, 0.6) is 0 Å². The molecule has 2 fully saturated rings. The third-order valence-corrected chi connectivity index (χ3v) is 8.95. The molecule has 0 aromatic heterocycles. The van der Waals surface area contributed by atoms with Crippen molar-refractivity contribution in [3.63, 3.8) is 0 Å². The molecule has 0 aliphatic heterocycles. The van der Waals surface area contributed by atoms with E-state index in [4.69, 9.17) is 9.47 Å². The van der Waals surface area contributed by atoms with Gasteiger partial charge in [-0.2, -0.15) is 0 Å². The minimum Gasteiger partial charge on any atom is -0.396 e. The van der Waals surface area contributed by atoms with Crippen molar-refractivity contribution in [3.8, 4) is 0 Å². The molecule has 4 nitrogen and oxygen atoms in total. The number of carbonyl (C=O) groups excluding carboxylic acids is 1. The van der Waals surface area contributed by atoms with Gasteiger partial charge >= 0.3 is 0 Å². The van der Waals surface area contributed by atoms with E-state index in [0.29, 0.717) is 32.8 Å². The van der Waals surface area contributed by atoms with Crippen molar-refractivity contribution in [2.75, 3.05) is 19.8 Å². The van der Waals surface area contributed by atoms with Gasteiger partial charge in [-0.25, -0.2) is 0 Å². The van der Waals surface area contributed by atoms with E-state index in [-0.39, 0.29) is 29.1 Å². The van der Waals surface area contributed by atoms with Gasteiger partial charge in [-0.3, -0.25) is 4.79 Å². The van der Waals surface area contributed by atoms with Gasteiger partial charge in [0.1, 0.15) is 5.78 Å². The summed E-state index contributed by atoms with van der Waals surface area (Å²) in [5, 5.41) is 10.5. The van der Waals surface area contributed by atoms with E-state index in [1.807, 2.05) is 36.4 Å². The Morgan fingerprint density at radius 2 is 1.38 bits per heavy atom. The first-order chi connectivity index (χ1) is 16.3. The van der Waals surface area contributed by atoms with Crippen molar-refractivity contribution < 1.29 is 19.4 Å². The molecule has 1 N–H and O–H groups in total. The molecule has 0 radical (unpaired) electrons. The van der Waals surface area contributed by atoms with Gasteiger partial charge in [-0.15, -0.1) is 0 Å². The Morgan fingerprint density at radius 1 is 0.853 bits per heavy atom. The average Bonchev–Trinajstić information content (AvgIpc) is 2.82. The Labute approximate surface area is 204 Å². The predicted molar refractivity (Wildman–Crippen MR) is 134 cm³/mol. The number of rotatable bonds is 9. The lowest BCUT2D eigenvalue weighted by Crippen LogP contribution is -2.65. The summed E-state index contributed by atoms with van der Waals surface area (Å²) in [4.78, 5) is 13.5. The van der Waals surface area contributed by atoms with Crippen molar-refractivity contribution in [1.29, 1.82) is 0 Å². The molecule has 2 saturated carbocycles. The number of fused-ring (bicyclic) bond motifs is 1. The zero-order chi connectivity index (χ0) is 24.2. The third-order valence-electron chi connectivity index (χ3n) is 8.95. The molecule has 184 valence electrons. The molecule has 0 amide bonds. The number of hydrogen-bond donors (Lipinski definition) is 1. The van der Waals surface area contributed by atoms with Crippen LogP contribution < -0.4 is 0 Å². The molecule has 34 heavy (non-hydrogen) atoms. The molecular formula is C30H40O4. The summed E-state index contributed by atoms with van der Waals surface area (Å²) in [5.74, 6) is -0.0783. The quantitative estimate of drug-likeness (QED) is 0.508. The maximum absolute atomic E-state index is 13.5. The van der Waals surface area contributed by atoms with E-state index in [9.17, 15) is 9.90 Å². The number of hydrogen-bond acceptors (Lipinski definition) is 4. The summed E-state index contributed by atoms with van der Waals surface area (Å²) >= 11 is 0. The summed E-state index contributed by atoms with van der Waals surface area (Å²) in [7, 11) is 0. The molecule has 0 spiro atoms. The van der Waals surface area contributed by atoms with Crippen LogP contribution in [0.3, 0.4) is 0 Å². The molecule has 0 unspecified atom stereocenters. The van der Waals surface area contributed by atoms with Crippen LogP contribution in [0.2, 0.25) is 0 Å². The van der Waals surface area contributed by atoms with E-state index in [1.54, 1.807) is 0 Å². The smallest absolute Gasteiger partial charge is 0.139 e. The Balaban J connectivity index is 1.66. The molecule has 3 atom stereocenters. The van der Waals surface area contributed by atoms with Gasteiger partial charge in [0.15, 0.2) is 0 Å². The molecular weight excluding hydrogens is 424 g/mol. The summed E-state index contributed by atoms with van der Waals surface area (Å²) < 4.78 is 12.8. The molecule has 4 rings (SSSR count). The average molecular weight is 465 g/mol. The van der Waals surface area contributed by atoms with Crippen LogP contribution in [0.25, 0.3) is 0 Å². The molecule has 0 saturated heterocycles. The SMILES string of the molecule is CC1(C)CCC[C@@]2(C)[C@H]1CC(=O)[C@@H](CO)C2(COCc1ccccc1)COCc1ccccc1. The number of Topliss-reactive ketones (excluding diaryl/α,β-unsaturated/α-hetero) is 1. The van der Waals surface area contributed by atoms with Crippen molar-refractivity contribution in [2.45, 2.75) is 59.7 Å². The molecule has 0 heterocycles. The van der Waals surface area contributed by atoms with Gasteiger partial charge in [-0.1, -0.05) is 87.9 Å². The molecule has 2 aliphatic rings. The Bertz CT molecular complexity index is 893. The Kier molecular flexibility index (Phi) is 7.61. The highest BCUT2D eigenvalue weighted by Crippen LogP contribution is 2.65. The minimum atomic E-state index is -0.580. The lowest BCUT2D eigenvalue weighted by atomic mass is 9.41. The van der Waals surface area contributed by atoms with Crippen LogP contribution >= 0.6 is 0 Å². The summed E-state index contributed by atoms with van der Waals surface area (Å²) in [6.45, 7) is 8.56. The fourth-order valence-corrected chi connectivity index (χ4v) is 6.97. The predicted octanol–water partition coefficient (Wildman–Crippen LogP) is 5.82. The van der Waals surface area contributed by atoms with Crippen LogP contribution in [0.4, 0.5) is 0 Å². The lowest BCUT2D eigenvalue weighted by molar-refractivity contribution is -0.215. The second-order valence-corrected chi connectivity index (χ2v) is 11.3. The number of carbonyl (C=O) groups is 1. The van der Waals surface area contributed by atoms with E-state index in [1.165, 1.54) is 0 Å². The maximum Gasteiger partial charge on any atom is 0.139 e. The van der Waals surface area contributed by atoms with E-state index in [0.717, 1.165) is 30.4 Å². The highest BCUT2D eigenvalue weighted by molar-refractivity contribution is 5.84. The van der Waals surface area contributed by atoms with Crippen molar-refractivity contribution in [2.24, 2.45) is 28.1 Å². The van der Waals surface area contributed by atoms with Gasteiger partial charge in [0.25, 0.3) is 0 Å². The van der Waals surface area contributed by atoms with Crippen molar-refractivity contribution in [3.05, 3.63) is 71.8 Å². The molecule has 0 bridgehead atoms. The summed E-state index contributed by atoms with van der Waals surface area (Å²) in [6.07, 6.45) is 3.80. The molecule has 2 aromatic rings. The van der Waals surface area contributed by atoms with Gasteiger partial charge < -0.3 is 14.6 Å². The summed E-state index contributed by atoms with van der Waals surface area (Å²) in [6, 6.07) is 20.3. The van der Waals surface area contributed by atoms with E-state index < -0.39 is 11.3 Å². The first-order valence-corrected chi connectivity index (χ1v) is 12.7. The number of aliphatic hydroxyl groups excluding tert-OH is 1. The Hall–Kier alpha value is -2.01. The second-order valence-electron chi connectivity index (χ2n) is 11.3. The number of benzene rings is 2. The third kappa shape index (κ3) is 4.73. The summed E-state index contributed by atoms with van der Waals surface area (Å²) in [5.41, 5.74) is 1.53. The largest absolute Gasteiger partial charge is 0.396 e. The van der Waals surface area contributed by atoms with Crippen LogP contribution in [0.1, 0.15) is 57.6 Å². The number of aliphatic hydroxyl groups is 1. The number of ether oxygens (including phenoxy) is 2. The standard InChI is InChI=1S/C30H40O4/c1-28(2)15-10-16-29(3)27(28)17-26(32)25(18-31)30(29,21-33-19-23-11-6-4-7-12-23)22-34-20-24-13-8-5-9-14-24/h4-9,11-14,25,27,31H,10,15-22H2,1-3H3/t25-,27+,29+/m1/s1. The van der Waals surface area contributed by atoms with E-state index in [2.05, 4.69) is 45.0 Å². The van der Waals surface area contributed by atoms with Crippen LogP contribution in [-0.4, -0.2) is 30.7 Å². The monoisotopic (exact) mass is 464 g/mol. The highest BCUT2D eigenvalue weighted by Gasteiger charge is 2.65. The highest BCUT2D eigenvalue weighted by atomic mass is 16.5. The molecule has 4 heteroatoms. The minimum absolute atomic E-state index is 0.0627. The van der Waals surface area contributed by atoms with Gasteiger partial charge in [0, 0.05) is 11.8 Å². The Morgan fingerprint density at radius 3 is 1.88 bits per heavy atom. The molecule has 2 aliphatic carbocycles. The van der Waals surface area contributed by atoms with Crippen LogP contribution in [-0.2, 0) is 27.5 Å². The first kappa shape index (κ1) is 25.1. The second kappa shape index (κ2) is 10.3. The van der Waals surface area contributed by atoms with Crippen molar-refractivity contribution in [1.82, 2.24) is 0 Å². The van der Waals surface area contributed by atoms with Crippen LogP contribution in [0.15, 0.2) is 60.7 Å². The van der Waals surface area contributed by atoms with Crippen LogP contribution in [0, 0.1) is 28.1 Å². The topological polar surface area (TPSA) is 55.8 Å². The van der Waals surface area contributed by atoms with Gasteiger partial charge in [0.2, 0.25) is 0 Å². The van der Waals surface area contributed by atoms with E-state index >= 15 is 0 Å². The normalized spacial score (nSPS) is 27.8. The van der Waals surface area contributed by atoms with Crippen molar-refractivity contribution >= 4 is 5.78 Å². The molecule has 2 aromatic carbocycles. The fourth-order valence-electron chi connectivity index (χ4n) is 6.97. The first-order valence-electron chi connectivity index (χ1n) is 12.7. The zero-order valence-electron chi connectivity index (χ0n) is 21.0. The number of ketones is 1. The van der Waals surface area contributed by atoms with Gasteiger partial charge in [-0.05, 0) is 40.7 Å². The zero-order valence-corrected chi connectivity index (χ0v) is 21.0. The lowest BCUT2D eigenvalue weighted by Gasteiger charge is -2.64.